The van der Waals surface area contributed by atoms with Crippen LogP contribution in [0.5, 0.6) is 0 Å². The Morgan fingerprint density at radius 1 is 1.14 bits per heavy atom. The highest BCUT2D eigenvalue weighted by molar-refractivity contribution is 7.98. The van der Waals surface area contributed by atoms with Crippen LogP contribution in [0.2, 0.25) is 0 Å². The van der Waals surface area contributed by atoms with Gasteiger partial charge in [0.15, 0.2) is 5.16 Å². The van der Waals surface area contributed by atoms with E-state index in [0.29, 0.717) is 23.1 Å². The van der Waals surface area contributed by atoms with Gasteiger partial charge in [0.25, 0.3) is 11.2 Å². The molecule has 10 heteroatoms. The van der Waals surface area contributed by atoms with E-state index in [0.717, 1.165) is 16.6 Å². The molecule has 0 aliphatic heterocycles. The van der Waals surface area contributed by atoms with Crippen LogP contribution in [0.4, 0.5) is 5.69 Å². The highest BCUT2D eigenvalue weighted by atomic mass is 32.2. The molecule has 0 saturated heterocycles. The van der Waals surface area contributed by atoms with Gasteiger partial charge in [0, 0.05) is 24.0 Å². The molecular weight excluding hydrogens is 380 g/mol. The molecule has 0 fully saturated rings. The molecule has 0 amide bonds. The largest absolute Gasteiger partial charge is 0.301 e. The zero-order chi connectivity index (χ0) is 19.5. The Bertz CT molecular complexity index is 1200. The van der Waals surface area contributed by atoms with Crippen molar-refractivity contribution in [1.29, 1.82) is 0 Å². The van der Waals surface area contributed by atoms with Crippen molar-refractivity contribution in [2.45, 2.75) is 17.5 Å². The summed E-state index contributed by atoms with van der Waals surface area (Å²) in [7, 11) is 0. The van der Waals surface area contributed by atoms with E-state index in [-0.39, 0.29) is 11.2 Å². The number of hydrogen-bond acceptors (Lipinski definition) is 7. The smallest absolute Gasteiger partial charge is 0.269 e. The van der Waals surface area contributed by atoms with Crippen LogP contribution >= 0.6 is 11.8 Å². The molecule has 0 radical (unpaired) electrons. The molecule has 0 unspecified atom stereocenters. The van der Waals surface area contributed by atoms with Crippen molar-refractivity contribution in [1.82, 2.24) is 25.0 Å². The van der Waals surface area contributed by atoms with Crippen LogP contribution in [0.15, 0.2) is 64.5 Å². The Hall–Kier alpha value is -3.53. The summed E-state index contributed by atoms with van der Waals surface area (Å²) in [6.07, 6.45) is 0. The van der Waals surface area contributed by atoms with Crippen LogP contribution < -0.4 is 5.56 Å². The molecule has 2 aromatic carbocycles. The average Bonchev–Trinajstić information content (AvgIpc) is 3.09. The van der Waals surface area contributed by atoms with Crippen LogP contribution in [0.3, 0.4) is 0 Å². The van der Waals surface area contributed by atoms with Gasteiger partial charge in [-0.3, -0.25) is 14.9 Å². The predicted octanol–water partition coefficient (Wildman–Crippen LogP) is 2.76. The van der Waals surface area contributed by atoms with Gasteiger partial charge in [-0.2, -0.15) is 0 Å². The van der Waals surface area contributed by atoms with E-state index in [1.54, 1.807) is 16.8 Å². The van der Waals surface area contributed by atoms with Crippen LogP contribution in [0.1, 0.15) is 11.3 Å². The number of fused-ring (bicyclic) bond motifs is 1. The summed E-state index contributed by atoms with van der Waals surface area (Å²) in [6, 6.07) is 15.3. The van der Waals surface area contributed by atoms with E-state index in [1.165, 1.54) is 30.0 Å². The van der Waals surface area contributed by atoms with Crippen molar-refractivity contribution in [2.24, 2.45) is 0 Å². The summed E-state index contributed by atoms with van der Waals surface area (Å²) in [6.45, 7) is 0.329. The molecule has 0 aliphatic carbocycles. The topological polar surface area (TPSA) is 120 Å². The van der Waals surface area contributed by atoms with Crippen LogP contribution in [0, 0.1) is 10.1 Å². The molecule has 0 atom stereocenters. The van der Waals surface area contributed by atoms with Crippen molar-refractivity contribution in [3.63, 3.8) is 0 Å². The minimum atomic E-state index is -0.437. The van der Waals surface area contributed by atoms with Gasteiger partial charge in [0.1, 0.15) is 5.52 Å². The van der Waals surface area contributed by atoms with Crippen molar-refractivity contribution in [2.75, 3.05) is 0 Å². The maximum absolute atomic E-state index is 12.0. The van der Waals surface area contributed by atoms with E-state index < -0.39 is 4.92 Å². The first-order valence-electron chi connectivity index (χ1n) is 8.33. The highest BCUT2D eigenvalue weighted by Crippen LogP contribution is 2.21. The first kappa shape index (κ1) is 17.9. The third kappa shape index (κ3) is 3.91. The Balaban J connectivity index is 1.50. The van der Waals surface area contributed by atoms with Gasteiger partial charge in [-0.15, -0.1) is 5.10 Å². The lowest BCUT2D eigenvalue weighted by molar-refractivity contribution is -0.384. The number of aromatic nitrogens is 5. The second-order valence-electron chi connectivity index (χ2n) is 5.99. The van der Waals surface area contributed by atoms with Gasteiger partial charge in [-0.05, 0) is 17.7 Å². The lowest BCUT2D eigenvalue weighted by Gasteiger charge is -2.05. The number of para-hydroxylation sites is 1. The Kier molecular flexibility index (Phi) is 4.85. The average molecular weight is 394 g/mol. The Labute approximate surface area is 162 Å². The number of nitro benzene ring substituents is 1. The molecule has 0 spiro atoms. The first-order valence-corrected chi connectivity index (χ1v) is 9.32. The van der Waals surface area contributed by atoms with E-state index in [9.17, 15) is 14.9 Å². The van der Waals surface area contributed by atoms with E-state index in [1.807, 2.05) is 24.3 Å². The summed E-state index contributed by atoms with van der Waals surface area (Å²) in [5, 5.41) is 19.4. The fourth-order valence-corrected chi connectivity index (χ4v) is 3.54. The summed E-state index contributed by atoms with van der Waals surface area (Å²) in [5.41, 5.74) is 2.91. The SMILES string of the molecule is O=c1cc(Cn2nnc3ccccc32)nc(SCc2ccc([N+](=O)[O-])cc2)[nH]1. The number of nitrogens with zero attached hydrogens (tertiary/aromatic N) is 5. The quantitative estimate of drug-likeness (QED) is 0.231. The van der Waals surface area contributed by atoms with Crippen molar-refractivity contribution in [3.05, 3.63) is 86.3 Å². The first-order chi connectivity index (χ1) is 13.6. The lowest BCUT2D eigenvalue weighted by Crippen LogP contribution is -2.13. The van der Waals surface area contributed by atoms with E-state index in [2.05, 4.69) is 20.3 Å². The molecule has 1 N–H and O–H groups in total. The maximum atomic E-state index is 12.0. The Morgan fingerprint density at radius 2 is 1.93 bits per heavy atom. The van der Waals surface area contributed by atoms with E-state index >= 15 is 0 Å². The summed E-state index contributed by atoms with van der Waals surface area (Å²) in [5.74, 6) is 0.524. The fraction of sp³-hybridized carbons (Fsp3) is 0.111. The number of nitro groups is 1. The summed E-state index contributed by atoms with van der Waals surface area (Å²) >= 11 is 1.35. The molecule has 28 heavy (non-hydrogen) atoms. The maximum Gasteiger partial charge on any atom is 0.269 e. The number of thioether (sulfide) groups is 1. The number of hydrogen-bond donors (Lipinski definition) is 1. The van der Waals surface area contributed by atoms with Crippen molar-refractivity contribution in [3.8, 4) is 0 Å². The molecule has 4 rings (SSSR count). The molecule has 0 aliphatic rings. The minimum absolute atomic E-state index is 0.0438. The molecule has 0 bridgehead atoms. The van der Waals surface area contributed by atoms with Crippen LogP contribution in [0.25, 0.3) is 11.0 Å². The summed E-state index contributed by atoms with van der Waals surface area (Å²) < 4.78 is 1.70. The molecule has 2 aromatic heterocycles. The zero-order valence-corrected chi connectivity index (χ0v) is 15.3. The standard InChI is InChI=1S/C18H14N6O3S/c25-17-9-13(10-23-16-4-2-1-3-15(16)21-22-23)19-18(20-17)28-11-12-5-7-14(8-6-12)24(26)27/h1-9H,10-11H2,(H,19,20,25). The van der Waals surface area contributed by atoms with Gasteiger partial charge in [-0.25, -0.2) is 9.67 Å². The third-order valence-corrected chi connectivity index (χ3v) is 4.97. The van der Waals surface area contributed by atoms with Gasteiger partial charge in [0.2, 0.25) is 0 Å². The van der Waals surface area contributed by atoms with Crippen LogP contribution in [-0.4, -0.2) is 29.9 Å². The van der Waals surface area contributed by atoms with Gasteiger partial charge in [0.05, 0.1) is 22.7 Å². The molecule has 140 valence electrons. The second kappa shape index (κ2) is 7.61. The number of benzene rings is 2. The van der Waals surface area contributed by atoms with Gasteiger partial charge >= 0.3 is 0 Å². The number of non-ortho nitro benzene ring substituents is 1. The molecule has 4 aromatic rings. The number of aromatic amines is 1. The normalized spacial score (nSPS) is 11.0. The lowest BCUT2D eigenvalue weighted by atomic mass is 10.2. The van der Waals surface area contributed by atoms with Crippen molar-refractivity contribution >= 4 is 28.5 Å². The van der Waals surface area contributed by atoms with Gasteiger partial charge < -0.3 is 4.98 Å². The number of rotatable bonds is 6. The van der Waals surface area contributed by atoms with Crippen molar-refractivity contribution < 1.29 is 4.92 Å². The van der Waals surface area contributed by atoms with E-state index in [4.69, 9.17) is 0 Å². The second-order valence-corrected chi connectivity index (χ2v) is 6.95. The minimum Gasteiger partial charge on any atom is -0.301 e. The predicted molar refractivity (Wildman–Crippen MR) is 104 cm³/mol. The molecular formula is C18H14N6O3S. The highest BCUT2D eigenvalue weighted by Gasteiger charge is 2.09. The fourth-order valence-electron chi connectivity index (χ4n) is 2.69. The van der Waals surface area contributed by atoms with Crippen LogP contribution in [-0.2, 0) is 12.3 Å². The van der Waals surface area contributed by atoms with Gasteiger partial charge in [-0.1, -0.05) is 41.2 Å². The molecule has 9 nitrogen and oxygen atoms in total. The Morgan fingerprint density at radius 3 is 2.71 bits per heavy atom. The summed E-state index contributed by atoms with van der Waals surface area (Å²) in [4.78, 5) is 29.5. The number of H-pyrrole nitrogens is 1. The zero-order valence-electron chi connectivity index (χ0n) is 14.5. The third-order valence-electron chi connectivity index (χ3n) is 4.03. The molecule has 0 saturated carbocycles. The molecule has 2 heterocycles. The monoisotopic (exact) mass is 394 g/mol. The number of nitrogens with one attached hydrogen (secondary N) is 1.